The van der Waals surface area contributed by atoms with Gasteiger partial charge in [-0.2, -0.15) is 0 Å². The molecule has 90 valence electrons. The highest BCUT2D eigenvalue weighted by atomic mass is 32.2. The van der Waals surface area contributed by atoms with E-state index in [1.54, 1.807) is 11.8 Å². The molecule has 0 aromatic heterocycles. The van der Waals surface area contributed by atoms with Gasteiger partial charge < -0.3 is 4.74 Å². The summed E-state index contributed by atoms with van der Waals surface area (Å²) >= 11 is 1.78. The lowest BCUT2D eigenvalue weighted by molar-refractivity contribution is 0.147. The number of thioether (sulfide) groups is 1. The molecule has 1 aromatic carbocycles. The normalized spacial score (nSPS) is 18.7. The molecule has 0 saturated carbocycles. The lowest BCUT2D eigenvalue weighted by Crippen LogP contribution is -2.10. The Morgan fingerprint density at radius 3 is 2.88 bits per heavy atom. The summed E-state index contributed by atoms with van der Waals surface area (Å²) in [6.45, 7) is 7.76. The van der Waals surface area contributed by atoms with Crippen LogP contribution in [0.15, 0.2) is 40.8 Å². The van der Waals surface area contributed by atoms with Crippen LogP contribution in [0.1, 0.15) is 17.5 Å². The Morgan fingerprint density at radius 1 is 1.41 bits per heavy atom. The lowest BCUT2D eigenvalue weighted by atomic mass is 9.99. The molecule has 0 unspecified atom stereocenters. The van der Waals surface area contributed by atoms with Gasteiger partial charge in [-0.1, -0.05) is 12.6 Å². The molecule has 1 nitrogen and oxygen atoms in total. The molecular formula is C15H18OS. The first-order valence-electron chi connectivity index (χ1n) is 5.82. The van der Waals surface area contributed by atoms with Crippen LogP contribution >= 0.6 is 11.8 Å². The molecule has 2 rings (SSSR count). The van der Waals surface area contributed by atoms with Gasteiger partial charge in [-0.15, -0.1) is 11.8 Å². The quantitative estimate of drug-likeness (QED) is 0.727. The van der Waals surface area contributed by atoms with Crippen LogP contribution in [0.4, 0.5) is 0 Å². The standard InChI is InChI=1S/C15H18OS/c1-11-6-7-16-10-14(11)9-13-4-5-15(17-3)8-12(13)2/h4-5,8-9H,1,6-7,10H2,2-3H3/b14-9-. The molecule has 1 fully saturated rings. The van der Waals surface area contributed by atoms with E-state index in [0.29, 0.717) is 6.61 Å². The molecule has 0 aliphatic carbocycles. The third-order valence-corrected chi connectivity index (χ3v) is 3.79. The average Bonchev–Trinajstić information content (AvgIpc) is 2.34. The van der Waals surface area contributed by atoms with Crippen molar-refractivity contribution in [2.45, 2.75) is 18.2 Å². The topological polar surface area (TPSA) is 9.23 Å². The maximum Gasteiger partial charge on any atom is 0.0719 e. The smallest absolute Gasteiger partial charge is 0.0719 e. The third kappa shape index (κ3) is 3.02. The molecule has 0 N–H and O–H groups in total. The van der Waals surface area contributed by atoms with Gasteiger partial charge in [-0.05, 0) is 60.1 Å². The number of benzene rings is 1. The van der Waals surface area contributed by atoms with Crippen molar-refractivity contribution in [3.8, 4) is 0 Å². The Bertz CT molecular complexity index is 460. The van der Waals surface area contributed by atoms with Crippen molar-refractivity contribution >= 4 is 17.8 Å². The van der Waals surface area contributed by atoms with Crippen LogP contribution in [-0.2, 0) is 4.74 Å². The van der Waals surface area contributed by atoms with E-state index in [4.69, 9.17) is 4.74 Å². The van der Waals surface area contributed by atoms with Crippen LogP contribution < -0.4 is 0 Å². The summed E-state index contributed by atoms with van der Waals surface area (Å²) in [5.41, 5.74) is 5.02. The summed E-state index contributed by atoms with van der Waals surface area (Å²) in [6, 6.07) is 6.57. The Morgan fingerprint density at radius 2 is 2.24 bits per heavy atom. The van der Waals surface area contributed by atoms with Crippen LogP contribution in [-0.4, -0.2) is 19.5 Å². The zero-order valence-electron chi connectivity index (χ0n) is 10.5. The second-order valence-corrected chi connectivity index (χ2v) is 5.18. The fourth-order valence-corrected chi connectivity index (χ4v) is 2.41. The summed E-state index contributed by atoms with van der Waals surface area (Å²) in [7, 11) is 0. The van der Waals surface area contributed by atoms with E-state index in [1.165, 1.54) is 27.2 Å². The van der Waals surface area contributed by atoms with Crippen molar-refractivity contribution in [3.63, 3.8) is 0 Å². The highest BCUT2D eigenvalue weighted by molar-refractivity contribution is 7.98. The van der Waals surface area contributed by atoms with E-state index in [1.807, 2.05) is 0 Å². The molecule has 0 amide bonds. The van der Waals surface area contributed by atoms with E-state index in [2.05, 4.69) is 44.0 Å². The summed E-state index contributed by atoms with van der Waals surface area (Å²) in [5.74, 6) is 0. The molecule has 0 spiro atoms. The molecule has 17 heavy (non-hydrogen) atoms. The Hall–Kier alpha value is -0.990. The second kappa shape index (κ2) is 5.56. The molecular weight excluding hydrogens is 228 g/mol. The third-order valence-electron chi connectivity index (χ3n) is 3.07. The number of ether oxygens (including phenoxy) is 1. The molecule has 0 radical (unpaired) electrons. The molecule has 0 atom stereocenters. The first-order chi connectivity index (χ1) is 8.20. The molecule has 0 bridgehead atoms. The monoisotopic (exact) mass is 246 g/mol. The molecule has 1 heterocycles. The first-order valence-corrected chi connectivity index (χ1v) is 7.04. The SMILES string of the molecule is C=C1CCOC/C1=C/c1ccc(SC)cc1C. The van der Waals surface area contributed by atoms with Crippen molar-refractivity contribution in [2.24, 2.45) is 0 Å². The van der Waals surface area contributed by atoms with Crippen molar-refractivity contribution in [1.29, 1.82) is 0 Å². The first kappa shape index (κ1) is 12.5. The number of rotatable bonds is 2. The largest absolute Gasteiger partial charge is 0.376 e. The van der Waals surface area contributed by atoms with Gasteiger partial charge in [0.05, 0.1) is 13.2 Å². The van der Waals surface area contributed by atoms with Crippen LogP contribution in [0.2, 0.25) is 0 Å². The van der Waals surface area contributed by atoms with Crippen LogP contribution in [0, 0.1) is 6.92 Å². The maximum atomic E-state index is 5.48. The summed E-state index contributed by atoms with van der Waals surface area (Å²) in [6.07, 6.45) is 5.26. The molecule has 1 saturated heterocycles. The minimum Gasteiger partial charge on any atom is -0.376 e. The highest BCUT2D eigenvalue weighted by Crippen LogP contribution is 2.24. The van der Waals surface area contributed by atoms with Crippen molar-refractivity contribution < 1.29 is 4.74 Å². The van der Waals surface area contributed by atoms with E-state index in [-0.39, 0.29) is 0 Å². The van der Waals surface area contributed by atoms with Crippen molar-refractivity contribution in [3.05, 3.63) is 47.1 Å². The predicted octanol–water partition coefficient (Wildman–Crippen LogP) is 4.08. The van der Waals surface area contributed by atoms with Crippen LogP contribution in [0.3, 0.4) is 0 Å². The molecule has 2 heteroatoms. The fraction of sp³-hybridized carbons (Fsp3) is 0.333. The molecule has 1 aliphatic rings. The van der Waals surface area contributed by atoms with Gasteiger partial charge in [0, 0.05) is 4.90 Å². The highest BCUT2D eigenvalue weighted by Gasteiger charge is 2.10. The van der Waals surface area contributed by atoms with Crippen molar-refractivity contribution in [2.75, 3.05) is 19.5 Å². The number of hydrogen-bond acceptors (Lipinski definition) is 2. The van der Waals surface area contributed by atoms with Gasteiger partial charge in [0.1, 0.15) is 0 Å². The Kier molecular flexibility index (Phi) is 4.08. The zero-order chi connectivity index (χ0) is 12.3. The average molecular weight is 246 g/mol. The predicted molar refractivity (Wildman–Crippen MR) is 75.5 cm³/mol. The zero-order valence-corrected chi connectivity index (χ0v) is 11.3. The lowest BCUT2D eigenvalue weighted by Gasteiger charge is -2.18. The van der Waals surface area contributed by atoms with Crippen LogP contribution in [0.25, 0.3) is 6.08 Å². The van der Waals surface area contributed by atoms with Crippen molar-refractivity contribution in [1.82, 2.24) is 0 Å². The van der Waals surface area contributed by atoms with E-state index in [9.17, 15) is 0 Å². The van der Waals surface area contributed by atoms with Crippen LogP contribution in [0.5, 0.6) is 0 Å². The fourth-order valence-electron chi connectivity index (χ4n) is 1.91. The van der Waals surface area contributed by atoms with Gasteiger partial charge in [-0.25, -0.2) is 0 Å². The van der Waals surface area contributed by atoms with Gasteiger partial charge in [0.2, 0.25) is 0 Å². The summed E-state index contributed by atoms with van der Waals surface area (Å²) in [4.78, 5) is 1.31. The van der Waals surface area contributed by atoms with Gasteiger partial charge in [-0.3, -0.25) is 0 Å². The van der Waals surface area contributed by atoms with E-state index < -0.39 is 0 Å². The van der Waals surface area contributed by atoms with E-state index in [0.717, 1.165) is 13.0 Å². The Labute approximate surface area is 108 Å². The van der Waals surface area contributed by atoms with Gasteiger partial charge >= 0.3 is 0 Å². The summed E-state index contributed by atoms with van der Waals surface area (Å²) in [5, 5.41) is 0. The Balaban J connectivity index is 2.28. The number of aryl methyl sites for hydroxylation is 1. The second-order valence-electron chi connectivity index (χ2n) is 4.30. The number of hydrogen-bond donors (Lipinski definition) is 0. The minimum absolute atomic E-state index is 0.697. The van der Waals surface area contributed by atoms with Gasteiger partial charge in [0.25, 0.3) is 0 Å². The van der Waals surface area contributed by atoms with Gasteiger partial charge in [0.15, 0.2) is 0 Å². The minimum atomic E-state index is 0.697. The van der Waals surface area contributed by atoms with E-state index >= 15 is 0 Å². The summed E-state index contributed by atoms with van der Waals surface area (Å²) < 4.78 is 5.48. The molecule has 1 aliphatic heterocycles. The maximum absolute atomic E-state index is 5.48. The molecule has 1 aromatic rings.